The van der Waals surface area contributed by atoms with Gasteiger partial charge in [0.2, 0.25) is 0 Å². The molecule has 7 heteroatoms. The van der Waals surface area contributed by atoms with Gasteiger partial charge in [-0.3, -0.25) is 19.3 Å². The Balaban J connectivity index is 2.29. The normalized spacial score (nSPS) is 15.8. The number of nitrogens with zero attached hydrogens (tertiary/aromatic N) is 1. The first-order valence-corrected chi connectivity index (χ1v) is 6.31. The molecule has 0 saturated heterocycles. The second kappa shape index (κ2) is 5.51. The van der Waals surface area contributed by atoms with Gasteiger partial charge in [0.15, 0.2) is 12.3 Å². The first-order valence-electron chi connectivity index (χ1n) is 4.68. The van der Waals surface area contributed by atoms with Gasteiger partial charge in [0.1, 0.15) is 0 Å². The summed E-state index contributed by atoms with van der Waals surface area (Å²) in [5.74, 6) is -1.82. The molecule has 0 bridgehead atoms. The van der Waals surface area contributed by atoms with E-state index in [1.165, 1.54) is 0 Å². The maximum absolute atomic E-state index is 11.3. The number of carboxylic acids is 1. The lowest BCUT2D eigenvalue weighted by atomic mass is 10.5. The van der Waals surface area contributed by atoms with Crippen molar-refractivity contribution in [2.75, 3.05) is 18.9 Å². The van der Waals surface area contributed by atoms with Gasteiger partial charge in [0, 0.05) is 12.2 Å². The molecule has 0 aliphatic carbocycles. The van der Waals surface area contributed by atoms with Gasteiger partial charge in [-0.2, -0.15) is 0 Å². The molecule has 0 radical (unpaired) electrons. The monoisotopic (exact) mass is 244 g/mol. The van der Waals surface area contributed by atoms with Crippen molar-refractivity contribution >= 4 is 25.6 Å². The summed E-state index contributed by atoms with van der Waals surface area (Å²) in [5, 5.41) is 8.37. The third-order valence-corrected chi connectivity index (χ3v) is 3.47. The van der Waals surface area contributed by atoms with E-state index in [0.717, 1.165) is 17.1 Å². The van der Waals surface area contributed by atoms with Gasteiger partial charge < -0.3 is 5.11 Å². The lowest BCUT2D eigenvalue weighted by molar-refractivity contribution is -0.137. The highest BCUT2D eigenvalue weighted by atomic mass is 31.1. The van der Waals surface area contributed by atoms with Crippen LogP contribution < -0.4 is 0 Å². The number of carbonyl (C=O) groups excluding carboxylic acids is 2. The molecule has 6 nitrogen and oxygen atoms in total. The molecule has 0 aromatic heterocycles. The highest BCUT2D eigenvalue weighted by Gasteiger charge is 2.26. The van der Waals surface area contributed by atoms with Gasteiger partial charge in [0.05, 0.1) is 13.0 Å². The molecule has 0 aromatic carbocycles. The molecule has 1 aliphatic rings. The van der Waals surface area contributed by atoms with E-state index in [1.54, 1.807) is 0 Å². The molecular weight excluding hydrogens is 233 g/mol. The predicted molar refractivity (Wildman–Crippen MR) is 55.5 cm³/mol. The first-order chi connectivity index (χ1) is 7.50. The highest BCUT2D eigenvalue weighted by molar-refractivity contribution is 7.44. The van der Waals surface area contributed by atoms with Gasteiger partial charge in [-0.25, -0.2) is 0 Å². The van der Waals surface area contributed by atoms with E-state index < -0.39 is 25.6 Å². The zero-order valence-corrected chi connectivity index (χ0v) is 9.35. The van der Waals surface area contributed by atoms with E-state index in [1.807, 2.05) is 0 Å². The molecule has 2 amide bonds. The maximum Gasteiger partial charge on any atom is 0.341 e. The minimum Gasteiger partial charge on any atom is -0.481 e. The van der Waals surface area contributed by atoms with E-state index in [0.29, 0.717) is 0 Å². The third kappa shape index (κ3) is 3.55. The smallest absolute Gasteiger partial charge is 0.341 e. The van der Waals surface area contributed by atoms with Crippen LogP contribution >= 0.6 is 7.80 Å². The minimum atomic E-state index is -1.67. The Labute approximate surface area is 92.7 Å². The standard InChI is InChI=1S/C9H10NO5P/c11-7-1-2-8(12)10(7)4-6-16(15)5-3-9(13)14/h1-2H,3-6H2/p+1. The summed E-state index contributed by atoms with van der Waals surface area (Å²) in [6.45, 7) is 0.0828. The molecule has 1 rings (SSSR count). The van der Waals surface area contributed by atoms with Gasteiger partial charge in [-0.15, -0.1) is 0 Å². The maximum atomic E-state index is 11.3. The van der Waals surface area contributed by atoms with Crippen molar-refractivity contribution in [3.05, 3.63) is 12.2 Å². The van der Waals surface area contributed by atoms with Crippen LogP contribution in [0.1, 0.15) is 6.42 Å². The van der Waals surface area contributed by atoms with Crippen LogP contribution in [0.25, 0.3) is 0 Å². The number of hydrogen-bond acceptors (Lipinski definition) is 4. The molecule has 0 saturated carbocycles. The van der Waals surface area contributed by atoms with E-state index in [2.05, 4.69) is 0 Å². The Bertz CT molecular complexity index is 358. The van der Waals surface area contributed by atoms with Crippen LogP contribution in [0.4, 0.5) is 0 Å². The highest BCUT2D eigenvalue weighted by Crippen LogP contribution is 2.21. The van der Waals surface area contributed by atoms with Crippen molar-refractivity contribution in [1.82, 2.24) is 4.90 Å². The summed E-state index contributed by atoms with van der Waals surface area (Å²) in [5.41, 5.74) is 0. The summed E-state index contributed by atoms with van der Waals surface area (Å²) in [7, 11) is -1.67. The van der Waals surface area contributed by atoms with Gasteiger partial charge in [-0.05, 0) is 0 Å². The molecule has 0 fully saturated rings. The van der Waals surface area contributed by atoms with Crippen LogP contribution in [0.15, 0.2) is 12.2 Å². The van der Waals surface area contributed by atoms with Gasteiger partial charge in [0.25, 0.3) is 11.8 Å². The molecular formula is C9H11NO5P+. The number of carbonyl (C=O) groups is 3. The largest absolute Gasteiger partial charge is 0.481 e. The zero-order valence-electron chi connectivity index (χ0n) is 8.46. The summed E-state index contributed by atoms with van der Waals surface area (Å²) in [6.07, 6.45) is 2.39. The lowest BCUT2D eigenvalue weighted by Crippen LogP contribution is -2.32. The van der Waals surface area contributed by atoms with Crippen molar-refractivity contribution in [2.24, 2.45) is 0 Å². The molecule has 1 N–H and O–H groups in total. The molecule has 1 unspecified atom stereocenters. The number of imide groups is 1. The number of amides is 2. The molecule has 0 spiro atoms. The van der Waals surface area contributed by atoms with Crippen molar-refractivity contribution in [3.8, 4) is 0 Å². The zero-order chi connectivity index (χ0) is 12.1. The molecule has 1 heterocycles. The molecule has 1 atom stereocenters. The van der Waals surface area contributed by atoms with Crippen molar-refractivity contribution in [1.29, 1.82) is 0 Å². The fraction of sp³-hybridized carbons (Fsp3) is 0.444. The molecule has 16 heavy (non-hydrogen) atoms. The molecule has 0 aromatic rings. The second-order valence-electron chi connectivity index (χ2n) is 3.23. The van der Waals surface area contributed by atoms with Crippen LogP contribution in [0.2, 0.25) is 0 Å². The number of aliphatic carboxylic acids is 1. The third-order valence-electron chi connectivity index (χ3n) is 2.05. The Morgan fingerprint density at radius 3 is 2.31 bits per heavy atom. The fourth-order valence-corrected chi connectivity index (χ4v) is 2.28. The Morgan fingerprint density at radius 2 is 1.81 bits per heavy atom. The molecule has 86 valence electrons. The van der Waals surface area contributed by atoms with E-state index >= 15 is 0 Å². The average Bonchev–Trinajstić information content (AvgIpc) is 2.53. The summed E-state index contributed by atoms with van der Waals surface area (Å²) >= 11 is 0. The predicted octanol–water partition coefficient (Wildman–Crippen LogP) is 0.214. The van der Waals surface area contributed by atoms with E-state index in [9.17, 15) is 18.9 Å². The Morgan fingerprint density at radius 1 is 1.25 bits per heavy atom. The van der Waals surface area contributed by atoms with Crippen molar-refractivity contribution < 1.29 is 24.1 Å². The van der Waals surface area contributed by atoms with Crippen LogP contribution in [0.3, 0.4) is 0 Å². The number of hydrogen-bond donors (Lipinski definition) is 1. The average molecular weight is 244 g/mol. The van der Waals surface area contributed by atoms with Crippen LogP contribution in [-0.2, 0) is 18.9 Å². The van der Waals surface area contributed by atoms with Crippen molar-refractivity contribution in [2.45, 2.75) is 6.42 Å². The summed E-state index contributed by atoms with van der Waals surface area (Å²) in [4.78, 5) is 33.4. The van der Waals surface area contributed by atoms with E-state index in [4.69, 9.17) is 5.11 Å². The molecule has 1 aliphatic heterocycles. The van der Waals surface area contributed by atoms with Crippen LogP contribution in [0, 0.1) is 0 Å². The van der Waals surface area contributed by atoms with Crippen LogP contribution in [0.5, 0.6) is 0 Å². The lowest BCUT2D eigenvalue weighted by Gasteiger charge is -2.09. The first kappa shape index (κ1) is 12.5. The second-order valence-corrected chi connectivity index (χ2v) is 5.09. The Hall–Kier alpha value is -1.55. The SMILES string of the molecule is O=C(O)CC[P+](=O)CCN1C(=O)C=CC1=O. The van der Waals surface area contributed by atoms with Gasteiger partial charge in [-0.1, -0.05) is 4.57 Å². The van der Waals surface area contributed by atoms with Crippen LogP contribution in [-0.4, -0.2) is 46.7 Å². The minimum absolute atomic E-state index is 0.0777. The van der Waals surface area contributed by atoms with E-state index in [-0.39, 0.29) is 25.3 Å². The van der Waals surface area contributed by atoms with Gasteiger partial charge >= 0.3 is 13.8 Å². The quantitative estimate of drug-likeness (QED) is 0.532. The number of carboxylic acid groups (broad SMARTS) is 1. The summed E-state index contributed by atoms with van der Waals surface area (Å²) < 4.78 is 11.3. The number of rotatable bonds is 6. The topological polar surface area (TPSA) is 91.8 Å². The van der Waals surface area contributed by atoms with Crippen molar-refractivity contribution in [3.63, 3.8) is 0 Å². The fourth-order valence-electron chi connectivity index (χ4n) is 1.20. The summed E-state index contributed by atoms with van der Waals surface area (Å²) in [6, 6.07) is 0. The Kier molecular flexibility index (Phi) is 4.31.